The Labute approximate surface area is 119 Å². The fraction of sp³-hybridized carbons (Fsp3) is 0.467. The second kappa shape index (κ2) is 7.05. The van der Waals surface area contributed by atoms with Crippen LogP contribution in [0.3, 0.4) is 0 Å². The van der Waals surface area contributed by atoms with Gasteiger partial charge in [-0.3, -0.25) is 0 Å². The van der Waals surface area contributed by atoms with Crippen LogP contribution in [0.4, 0.5) is 6.01 Å². The lowest BCUT2D eigenvalue weighted by Crippen LogP contribution is -2.21. The summed E-state index contributed by atoms with van der Waals surface area (Å²) in [7, 11) is 0. The van der Waals surface area contributed by atoms with Crippen molar-refractivity contribution in [3.05, 3.63) is 41.8 Å². The molecule has 1 aromatic heterocycles. The molecular formula is C15H22N4O. The average Bonchev–Trinajstić information content (AvgIpc) is 2.91. The predicted molar refractivity (Wildman–Crippen MR) is 79.4 cm³/mol. The van der Waals surface area contributed by atoms with Crippen molar-refractivity contribution in [3.63, 3.8) is 0 Å². The van der Waals surface area contributed by atoms with Crippen LogP contribution in [0.25, 0.3) is 0 Å². The van der Waals surface area contributed by atoms with Crippen LogP contribution in [0.15, 0.2) is 34.7 Å². The van der Waals surface area contributed by atoms with Crippen LogP contribution in [0.1, 0.15) is 44.7 Å². The van der Waals surface area contributed by atoms with Gasteiger partial charge < -0.3 is 15.1 Å². The van der Waals surface area contributed by atoms with Gasteiger partial charge in [0.2, 0.25) is 5.89 Å². The van der Waals surface area contributed by atoms with E-state index < -0.39 is 0 Å². The number of nitrogens with zero attached hydrogens (tertiary/aromatic N) is 2. The topological polar surface area (TPSA) is 63.0 Å². The van der Waals surface area contributed by atoms with Crippen LogP contribution in [0, 0.1) is 0 Å². The molecule has 5 nitrogen and oxygen atoms in total. The molecule has 2 N–H and O–H groups in total. The van der Waals surface area contributed by atoms with E-state index >= 15 is 0 Å². The van der Waals surface area contributed by atoms with E-state index in [2.05, 4.69) is 53.7 Å². The highest BCUT2D eigenvalue weighted by Gasteiger charge is 2.13. The number of aromatic nitrogens is 2. The van der Waals surface area contributed by atoms with Crippen molar-refractivity contribution in [2.24, 2.45) is 0 Å². The van der Waals surface area contributed by atoms with Crippen molar-refractivity contribution >= 4 is 6.01 Å². The van der Waals surface area contributed by atoms with Gasteiger partial charge in [0.15, 0.2) is 0 Å². The number of hydrogen-bond acceptors (Lipinski definition) is 5. The molecule has 0 fully saturated rings. The lowest BCUT2D eigenvalue weighted by atomic mass is 10.1. The number of benzene rings is 1. The molecule has 1 aromatic carbocycles. The summed E-state index contributed by atoms with van der Waals surface area (Å²) in [6.45, 7) is 6.88. The molecule has 5 heteroatoms. The minimum Gasteiger partial charge on any atom is -0.407 e. The maximum absolute atomic E-state index is 5.59. The summed E-state index contributed by atoms with van der Waals surface area (Å²) in [4.78, 5) is 0. The van der Waals surface area contributed by atoms with E-state index in [0.717, 1.165) is 6.42 Å². The van der Waals surface area contributed by atoms with Crippen LogP contribution in [0.5, 0.6) is 0 Å². The molecule has 0 amide bonds. The molecule has 1 heterocycles. The minimum absolute atomic E-state index is 0.183. The first-order valence-corrected chi connectivity index (χ1v) is 7.06. The first-order chi connectivity index (χ1) is 9.69. The Morgan fingerprint density at radius 3 is 2.55 bits per heavy atom. The summed E-state index contributed by atoms with van der Waals surface area (Å²) in [6, 6.07) is 11.3. The Hall–Kier alpha value is -1.88. The van der Waals surface area contributed by atoms with Gasteiger partial charge in [0.25, 0.3) is 0 Å². The van der Waals surface area contributed by atoms with E-state index in [-0.39, 0.29) is 6.04 Å². The van der Waals surface area contributed by atoms with E-state index in [1.807, 2.05) is 18.2 Å². The fourth-order valence-electron chi connectivity index (χ4n) is 1.93. The zero-order chi connectivity index (χ0) is 14.4. The summed E-state index contributed by atoms with van der Waals surface area (Å²) < 4.78 is 5.59. The molecule has 0 saturated heterocycles. The molecule has 0 spiro atoms. The Bertz CT molecular complexity index is 510. The summed E-state index contributed by atoms with van der Waals surface area (Å²) in [6.07, 6.45) is 0.950. The number of rotatable bonds is 7. The molecular weight excluding hydrogens is 252 g/mol. The number of hydrogen-bond donors (Lipinski definition) is 2. The molecule has 0 bridgehead atoms. The molecule has 0 aliphatic carbocycles. The van der Waals surface area contributed by atoms with Gasteiger partial charge in [0.1, 0.15) is 0 Å². The van der Waals surface area contributed by atoms with Gasteiger partial charge in [-0.05, 0) is 12.0 Å². The third-order valence-electron chi connectivity index (χ3n) is 3.04. The second-order valence-corrected chi connectivity index (χ2v) is 5.05. The van der Waals surface area contributed by atoms with Crippen molar-refractivity contribution in [3.8, 4) is 0 Å². The Morgan fingerprint density at radius 2 is 1.90 bits per heavy atom. The molecule has 0 aliphatic heterocycles. The Kier molecular flexibility index (Phi) is 5.12. The maximum atomic E-state index is 5.59. The molecule has 2 aromatic rings. The Balaban J connectivity index is 1.98. The molecule has 1 unspecified atom stereocenters. The van der Waals surface area contributed by atoms with Crippen molar-refractivity contribution < 1.29 is 4.42 Å². The van der Waals surface area contributed by atoms with Gasteiger partial charge >= 0.3 is 6.01 Å². The van der Waals surface area contributed by atoms with Crippen molar-refractivity contribution in [1.82, 2.24) is 15.5 Å². The van der Waals surface area contributed by atoms with Gasteiger partial charge in [-0.1, -0.05) is 56.2 Å². The molecule has 108 valence electrons. The SMILES string of the molecule is CCC(Nc1nnc(CNC(C)C)o1)c1ccccc1. The van der Waals surface area contributed by atoms with Gasteiger partial charge in [0, 0.05) is 6.04 Å². The highest BCUT2D eigenvalue weighted by atomic mass is 16.4. The van der Waals surface area contributed by atoms with Gasteiger partial charge in [0.05, 0.1) is 12.6 Å². The van der Waals surface area contributed by atoms with Gasteiger partial charge in [-0.2, -0.15) is 0 Å². The van der Waals surface area contributed by atoms with Crippen LogP contribution in [-0.4, -0.2) is 16.2 Å². The highest BCUT2D eigenvalue weighted by Crippen LogP contribution is 2.21. The predicted octanol–water partition coefficient (Wildman–Crippen LogP) is 3.13. The molecule has 0 radical (unpaired) electrons. The van der Waals surface area contributed by atoms with Gasteiger partial charge in [-0.25, -0.2) is 0 Å². The van der Waals surface area contributed by atoms with Crippen molar-refractivity contribution in [2.45, 2.75) is 45.8 Å². The quantitative estimate of drug-likeness (QED) is 0.812. The third kappa shape index (κ3) is 4.06. The summed E-state index contributed by atoms with van der Waals surface area (Å²) in [5, 5.41) is 14.6. The third-order valence-corrected chi connectivity index (χ3v) is 3.04. The van der Waals surface area contributed by atoms with E-state index in [9.17, 15) is 0 Å². The van der Waals surface area contributed by atoms with Crippen LogP contribution < -0.4 is 10.6 Å². The zero-order valence-corrected chi connectivity index (χ0v) is 12.3. The molecule has 0 saturated carbocycles. The lowest BCUT2D eigenvalue weighted by Gasteiger charge is -2.15. The largest absolute Gasteiger partial charge is 0.407 e. The van der Waals surface area contributed by atoms with Crippen molar-refractivity contribution in [1.29, 1.82) is 0 Å². The molecule has 1 atom stereocenters. The number of anilines is 1. The van der Waals surface area contributed by atoms with Crippen LogP contribution in [0.2, 0.25) is 0 Å². The van der Waals surface area contributed by atoms with E-state index in [1.54, 1.807) is 0 Å². The highest BCUT2D eigenvalue weighted by molar-refractivity contribution is 5.28. The standard InChI is InChI=1S/C15H22N4O/c1-4-13(12-8-6-5-7-9-12)17-15-19-18-14(20-15)10-16-11(2)3/h5-9,11,13,16H,4,10H2,1-3H3,(H,17,19). The summed E-state index contributed by atoms with van der Waals surface area (Å²) in [5.41, 5.74) is 1.22. The van der Waals surface area contributed by atoms with Crippen LogP contribution >= 0.6 is 0 Å². The molecule has 2 rings (SSSR count). The normalized spacial score (nSPS) is 12.6. The zero-order valence-electron chi connectivity index (χ0n) is 12.3. The van der Waals surface area contributed by atoms with E-state index in [4.69, 9.17) is 4.42 Å². The average molecular weight is 274 g/mol. The summed E-state index contributed by atoms with van der Waals surface area (Å²) >= 11 is 0. The van der Waals surface area contributed by atoms with Gasteiger partial charge in [-0.15, -0.1) is 5.10 Å². The minimum atomic E-state index is 0.183. The van der Waals surface area contributed by atoms with E-state index in [0.29, 0.717) is 24.5 Å². The lowest BCUT2D eigenvalue weighted by molar-refractivity contribution is 0.455. The summed E-state index contributed by atoms with van der Waals surface area (Å²) in [5.74, 6) is 0.601. The molecule has 20 heavy (non-hydrogen) atoms. The maximum Gasteiger partial charge on any atom is 0.315 e. The van der Waals surface area contributed by atoms with E-state index in [1.165, 1.54) is 5.56 Å². The second-order valence-electron chi connectivity index (χ2n) is 5.05. The monoisotopic (exact) mass is 274 g/mol. The first kappa shape index (κ1) is 14.5. The Morgan fingerprint density at radius 1 is 1.15 bits per heavy atom. The fourth-order valence-corrected chi connectivity index (χ4v) is 1.93. The molecule has 0 aliphatic rings. The van der Waals surface area contributed by atoms with Crippen LogP contribution in [-0.2, 0) is 6.54 Å². The number of nitrogens with one attached hydrogen (secondary N) is 2. The van der Waals surface area contributed by atoms with Crippen molar-refractivity contribution in [2.75, 3.05) is 5.32 Å². The smallest absolute Gasteiger partial charge is 0.315 e. The first-order valence-electron chi connectivity index (χ1n) is 7.06.